The van der Waals surface area contributed by atoms with E-state index in [0.717, 1.165) is 29.7 Å². The molecule has 0 unspecified atom stereocenters. The van der Waals surface area contributed by atoms with Gasteiger partial charge in [0.25, 0.3) is 0 Å². The number of ether oxygens (including phenoxy) is 2. The third kappa shape index (κ3) is 3.90. The summed E-state index contributed by atoms with van der Waals surface area (Å²) in [5.41, 5.74) is 1.93. The van der Waals surface area contributed by atoms with Crippen LogP contribution in [-0.4, -0.2) is 18.5 Å². The molecule has 0 saturated heterocycles. The van der Waals surface area contributed by atoms with Gasteiger partial charge in [-0.05, 0) is 42.3 Å². The first-order chi connectivity index (χ1) is 11.8. The fraction of sp³-hybridized carbons (Fsp3) is 0.200. The molecule has 0 radical (unpaired) electrons. The van der Waals surface area contributed by atoms with Crippen molar-refractivity contribution in [2.75, 3.05) is 6.61 Å². The lowest BCUT2D eigenvalue weighted by molar-refractivity contribution is -0.129. The molecule has 122 valence electrons. The van der Waals surface area contributed by atoms with Crippen molar-refractivity contribution < 1.29 is 14.3 Å². The maximum absolute atomic E-state index is 12.0. The van der Waals surface area contributed by atoms with Crippen molar-refractivity contribution in [3.05, 3.63) is 71.4 Å². The summed E-state index contributed by atoms with van der Waals surface area (Å²) in [7, 11) is 0. The minimum Gasteiger partial charge on any atom is -0.494 e. The Bertz CT molecular complexity index is 778. The van der Waals surface area contributed by atoms with Gasteiger partial charge >= 0.3 is 5.97 Å². The van der Waals surface area contributed by atoms with Gasteiger partial charge in [-0.3, -0.25) is 0 Å². The lowest BCUT2D eigenvalue weighted by Gasteiger charge is -2.05. The molecular weight excluding hydrogens is 302 g/mol. The summed E-state index contributed by atoms with van der Waals surface area (Å²) in [6, 6.07) is 17.0. The van der Waals surface area contributed by atoms with E-state index in [1.807, 2.05) is 54.6 Å². The van der Waals surface area contributed by atoms with Gasteiger partial charge in [0.2, 0.25) is 5.90 Å². The molecule has 0 aliphatic carbocycles. The maximum Gasteiger partial charge on any atom is 0.363 e. The highest BCUT2D eigenvalue weighted by Gasteiger charge is 2.23. The molecule has 0 spiro atoms. The van der Waals surface area contributed by atoms with Gasteiger partial charge in [-0.1, -0.05) is 43.7 Å². The van der Waals surface area contributed by atoms with E-state index >= 15 is 0 Å². The highest BCUT2D eigenvalue weighted by Crippen LogP contribution is 2.21. The summed E-state index contributed by atoms with van der Waals surface area (Å²) in [5, 5.41) is 0. The summed E-state index contributed by atoms with van der Waals surface area (Å²) in [5.74, 6) is 0.685. The van der Waals surface area contributed by atoms with Gasteiger partial charge in [-0.25, -0.2) is 9.79 Å². The summed E-state index contributed by atoms with van der Waals surface area (Å²) in [4.78, 5) is 16.3. The van der Waals surface area contributed by atoms with Crippen LogP contribution in [0.5, 0.6) is 5.75 Å². The number of unbranched alkanes of at least 4 members (excludes halogenated alkanes) is 1. The molecule has 1 heterocycles. The number of rotatable bonds is 6. The van der Waals surface area contributed by atoms with Crippen LogP contribution in [0.25, 0.3) is 6.08 Å². The number of carbonyl (C=O) groups is 1. The molecule has 1 aliphatic heterocycles. The van der Waals surface area contributed by atoms with E-state index < -0.39 is 5.97 Å². The predicted octanol–water partition coefficient (Wildman–Crippen LogP) is 4.21. The zero-order valence-electron chi connectivity index (χ0n) is 13.6. The summed E-state index contributed by atoms with van der Waals surface area (Å²) < 4.78 is 10.9. The molecule has 24 heavy (non-hydrogen) atoms. The van der Waals surface area contributed by atoms with Crippen molar-refractivity contribution in [1.29, 1.82) is 0 Å². The number of aliphatic imine (C=N–C) groups is 1. The maximum atomic E-state index is 12.0. The number of hydrogen-bond acceptors (Lipinski definition) is 4. The molecule has 0 fully saturated rings. The molecule has 0 amide bonds. The molecule has 0 bridgehead atoms. The number of nitrogens with zero attached hydrogens (tertiary/aromatic N) is 1. The number of hydrogen-bond donors (Lipinski definition) is 0. The molecule has 0 N–H and O–H groups in total. The van der Waals surface area contributed by atoms with E-state index in [1.165, 1.54) is 0 Å². The normalized spacial score (nSPS) is 15.3. The van der Waals surface area contributed by atoms with Gasteiger partial charge in [0, 0.05) is 5.56 Å². The fourth-order valence-corrected chi connectivity index (χ4v) is 2.30. The van der Waals surface area contributed by atoms with Crippen LogP contribution in [0.15, 0.2) is 65.3 Å². The van der Waals surface area contributed by atoms with Crippen molar-refractivity contribution in [3.8, 4) is 5.75 Å². The average Bonchev–Trinajstić information content (AvgIpc) is 2.97. The summed E-state index contributed by atoms with van der Waals surface area (Å²) in [6.07, 6.45) is 3.82. The van der Waals surface area contributed by atoms with Gasteiger partial charge in [0.1, 0.15) is 5.75 Å². The van der Waals surface area contributed by atoms with Crippen LogP contribution in [0.4, 0.5) is 0 Å². The molecule has 0 saturated carbocycles. The predicted molar refractivity (Wildman–Crippen MR) is 93.9 cm³/mol. The second-order valence-corrected chi connectivity index (χ2v) is 5.48. The first-order valence-electron chi connectivity index (χ1n) is 8.07. The second-order valence-electron chi connectivity index (χ2n) is 5.48. The van der Waals surface area contributed by atoms with Gasteiger partial charge < -0.3 is 9.47 Å². The van der Waals surface area contributed by atoms with E-state index in [4.69, 9.17) is 9.47 Å². The van der Waals surface area contributed by atoms with Crippen molar-refractivity contribution in [3.63, 3.8) is 0 Å². The number of carbonyl (C=O) groups excluding carboxylic acids is 1. The van der Waals surface area contributed by atoms with Crippen LogP contribution in [0, 0.1) is 0 Å². The third-order valence-electron chi connectivity index (χ3n) is 3.57. The minimum atomic E-state index is -0.439. The molecule has 1 aliphatic rings. The number of cyclic esters (lactones) is 1. The van der Waals surface area contributed by atoms with Crippen LogP contribution in [0.1, 0.15) is 30.9 Å². The standard InChI is InChI=1S/C20H19NO3/c1-2-3-12-23-17-11-7-8-15(13-17)14-18-20(22)24-19(21-18)16-9-5-4-6-10-16/h4-11,13-14H,2-3,12H2,1H3/b18-14-. The van der Waals surface area contributed by atoms with E-state index in [9.17, 15) is 4.79 Å². The van der Waals surface area contributed by atoms with Crippen LogP contribution in [-0.2, 0) is 9.53 Å². The summed E-state index contributed by atoms with van der Waals surface area (Å²) >= 11 is 0. The Hall–Kier alpha value is -2.88. The molecule has 2 aromatic rings. The van der Waals surface area contributed by atoms with Crippen LogP contribution < -0.4 is 4.74 Å². The Labute approximate surface area is 141 Å². The Kier molecular flexibility index (Phi) is 5.06. The molecular formula is C20H19NO3. The average molecular weight is 321 g/mol. The Balaban J connectivity index is 1.79. The topological polar surface area (TPSA) is 47.9 Å². The van der Waals surface area contributed by atoms with E-state index in [1.54, 1.807) is 6.08 Å². The SMILES string of the molecule is CCCCOc1cccc(/C=C2\N=C(c3ccccc3)OC2=O)c1. The molecule has 3 rings (SSSR count). The smallest absolute Gasteiger partial charge is 0.363 e. The number of benzene rings is 2. The summed E-state index contributed by atoms with van der Waals surface area (Å²) in [6.45, 7) is 2.81. The minimum absolute atomic E-state index is 0.291. The van der Waals surface area contributed by atoms with Crippen LogP contribution in [0.3, 0.4) is 0 Å². The lowest BCUT2D eigenvalue weighted by Crippen LogP contribution is -2.04. The third-order valence-corrected chi connectivity index (χ3v) is 3.57. The van der Waals surface area contributed by atoms with E-state index in [0.29, 0.717) is 18.2 Å². The lowest BCUT2D eigenvalue weighted by atomic mass is 10.2. The van der Waals surface area contributed by atoms with Crippen LogP contribution in [0.2, 0.25) is 0 Å². The van der Waals surface area contributed by atoms with Crippen LogP contribution >= 0.6 is 0 Å². The first-order valence-corrected chi connectivity index (χ1v) is 8.07. The van der Waals surface area contributed by atoms with E-state index in [-0.39, 0.29) is 0 Å². The van der Waals surface area contributed by atoms with Gasteiger partial charge in [-0.2, -0.15) is 0 Å². The highest BCUT2D eigenvalue weighted by atomic mass is 16.6. The van der Waals surface area contributed by atoms with Gasteiger partial charge in [0.15, 0.2) is 5.70 Å². The highest BCUT2D eigenvalue weighted by molar-refractivity contribution is 6.12. The zero-order valence-corrected chi connectivity index (χ0v) is 13.6. The Morgan fingerprint density at radius 2 is 1.96 bits per heavy atom. The van der Waals surface area contributed by atoms with Gasteiger partial charge in [-0.15, -0.1) is 0 Å². The van der Waals surface area contributed by atoms with Crippen molar-refractivity contribution in [1.82, 2.24) is 0 Å². The fourth-order valence-electron chi connectivity index (χ4n) is 2.30. The molecule has 0 atom stereocenters. The first kappa shape index (κ1) is 16.0. The monoisotopic (exact) mass is 321 g/mol. The quantitative estimate of drug-likeness (QED) is 0.455. The Morgan fingerprint density at radius 1 is 1.12 bits per heavy atom. The van der Waals surface area contributed by atoms with E-state index in [2.05, 4.69) is 11.9 Å². The van der Waals surface area contributed by atoms with Crippen molar-refractivity contribution >= 4 is 17.9 Å². The Morgan fingerprint density at radius 3 is 2.75 bits per heavy atom. The largest absolute Gasteiger partial charge is 0.494 e. The van der Waals surface area contributed by atoms with Crippen molar-refractivity contribution in [2.24, 2.45) is 4.99 Å². The zero-order chi connectivity index (χ0) is 16.8. The van der Waals surface area contributed by atoms with Gasteiger partial charge in [0.05, 0.1) is 6.61 Å². The molecule has 4 nitrogen and oxygen atoms in total. The second kappa shape index (κ2) is 7.59. The van der Waals surface area contributed by atoms with Crippen molar-refractivity contribution in [2.45, 2.75) is 19.8 Å². The molecule has 2 aromatic carbocycles. The number of esters is 1. The molecule has 4 heteroatoms. The molecule has 0 aromatic heterocycles.